The summed E-state index contributed by atoms with van der Waals surface area (Å²) in [5.41, 5.74) is 0.0766. The molecule has 1 aliphatic rings. The lowest BCUT2D eigenvalue weighted by Gasteiger charge is -2.29. The van der Waals surface area contributed by atoms with Crippen LogP contribution in [0.5, 0.6) is 5.75 Å². The van der Waals surface area contributed by atoms with Crippen molar-refractivity contribution < 1.29 is 32.2 Å². The lowest BCUT2D eigenvalue weighted by atomic mass is 9.77. The molecule has 1 fully saturated rings. The van der Waals surface area contributed by atoms with E-state index in [2.05, 4.69) is 11.7 Å². The Balaban J connectivity index is 1.63. The van der Waals surface area contributed by atoms with E-state index in [1.807, 2.05) is 12.1 Å². The summed E-state index contributed by atoms with van der Waals surface area (Å²) in [6.07, 6.45) is 9.74. The summed E-state index contributed by atoms with van der Waals surface area (Å²) in [4.78, 5) is 23.8. The first-order valence-corrected chi connectivity index (χ1v) is 11.4. The van der Waals surface area contributed by atoms with Crippen molar-refractivity contribution in [1.29, 1.82) is 0 Å². The minimum Gasteiger partial charge on any atom is -0.465 e. The number of methoxy groups -OCH3 is 1. The molecule has 0 heterocycles. The molecule has 0 saturated heterocycles. The molecule has 0 atom stereocenters. The standard InChI is InChI=1S/C26H29F3O4/c1-3-4-5-6-16-7-9-17(10-8-16)18-11-13-19(14-12-18)25(30)33-21-15-20(27)22(26(31)32-2)24(29)23(21)28/h11-17H,3-10H2,1-2H3. The molecule has 0 aliphatic heterocycles. The average molecular weight is 463 g/mol. The van der Waals surface area contributed by atoms with Gasteiger partial charge in [0.1, 0.15) is 11.4 Å². The fourth-order valence-electron chi connectivity index (χ4n) is 4.45. The summed E-state index contributed by atoms with van der Waals surface area (Å²) in [6, 6.07) is 7.28. The van der Waals surface area contributed by atoms with E-state index in [9.17, 15) is 22.8 Å². The van der Waals surface area contributed by atoms with Crippen molar-refractivity contribution in [3.05, 3.63) is 64.5 Å². The van der Waals surface area contributed by atoms with Crippen LogP contribution in [0.25, 0.3) is 0 Å². The highest BCUT2D eigenvalue weighted by atomic mass is 19.2. The third-order valence-corrected chi connectivity index (χ3v) is 6.40. The van der Waals surface area contributed by atoms with Crippen LogP contribution in [0.2, 0.25) is 0 Å². The summed E-state index contributed by atoms with van der Waals surface area (Å²) >= 11 is 0. The van der Waals surface area contributed by atoms with Crippen molar-refractivity contribution >= 4 is 11.9 Å². The molecule has 7 heteroatoms. The van der Waals surface area contributed by atoms with Crippen molar-refractivity contribution in [1.82, 2.24) is 0 Å². The van der Waals surface area contributed by atoms with E-state index >= 15 is 0 Å². The van der Waals surface area contributed by atoms with Gasteiger partial charge in [-0.3, -0.25) is 0 Å². The highest BCUT2D eigenvalue weighted by molar-refractivity contribution is 5.92. The molecule has 33 heavy (non-hydrogen) atoms. The Morgan fingerprint density at radius 2 is 1.61 bits per heavy atom. The lowest BCUT2D eigenvalue weighted by molar-refractivity contribution is 0.0588. The predicted octanol–water partition coefficient (Wildman–Crippen LogP) is 6.96. The van der Waals surface area contributed by atoms with Crippen LogP contribution >= 0.6 is 0 Å². The van der Waals surface area contributed by atoms with Crippen molar-refractivity contribution in [2.45, 2.75) is 64.2 Å². The summed E-state index contributed by atoms with van der Waals surface area (Å²) in [6.45, 7) is 2.21. The van der Waals surface area contributed by atoms with Gasteiger partial charge in [-0.2, -0.15) is 4.39 Å². The predicted molar refractivity (Wildman–Crippen MR) is 118 cm³/mol. The Hall–Kier alpha value is -2.83. The molecule has 1 saturated carbocycles. The molecule has 2 aromatic carbocycles. The number of carbonyl (C=O) groups excluding carboxylic acids is 2. The van der Waals surface area contributed by atoms with Crippen molar-refractivity contribution in [3.8, 4) is 5.75 Å². The molecule has 0 spiro atoms. The van der Waals surface area contributed by atoms with Gasteiger partial charge in [-0.05, 0) is 55.2 Å². The van der Waals surface area contributed by atoms with Gasteiger partial charge in [-0.1, -0.05) is 44.7 Å². The van der Waals surface area contributed by atoms with E-state index in [-0.39, 0.29) is 5.56 Å². The fraction of sp³-hybridized carbons (Fsp3) is 0.462. The van der Waals surface area contributed by atoms with Gasteiger partial charge >= 0.3 is 11.9 Å². The number of benzene rings is 2. The minimum atomic E-state index is -1.77. The van der Waals surface area contributed by atoms with E-state index in [4.69, 9.17) is 4.74 Å². The first-order valence-electron chi connectivity index (χ1n) is 11.4. The number of unbranched alkanes of at least 4 members (excludes halogenated alkanes) is 2. The van der Waals surface area contributed by atoms with Crippen LogP contribution in [0.4, 0.5) is 13.2 Å². The number of rotatable bonds is 8. The first-order chi connectivity index (χ1) is 15.8. The van der Waals surface area contributed by atoms with E-state index in [0.29, 0.717) is 12.0 Å². The van der Waals surface area contributed by atoms with Crippen LogP contribution in [-0.4, -0.2) is 19.0 Å². The molecule has 3 rings (SSSR count). The Kier molecular flexibility index (Phi) is 8.53. The normalized spacial score (nSPS) is 18.1. The van der Waals surface area contributed by atoms with Crippen LogP contribution in [0.15, 0.2) is 30.3 Å². The van der Waals surface area contributed by atoms with Gasteiger partial charge in [0.2, 0.25) is 5.82 Å². The van der Waals surface area contributed by atoms with E-state index < -0.39 is 40.7 Å². The molecular weight excluding hydrogens is 433 g/mol. The van der Waals surface area contributed by atoms with Gasteiger partial charge in [0.25, 0.3) is 0 Å². The Morgan fingerprint density at radius 3 is 2.21 bits per heavy atom. The summed E-state index contributed by atoms with van der Waals surface area (Å²) in [5, 5.41) is 0. The molecule has 0 amide bonds. The highest BCUT2D eigenvalue weighted by Crippen LogP contribution is 2.38. The molecule has 0 N–H and O–H groups in total. The van der Waals surface area contributed by atoms with E-state index in [1.54, 1.807) is 12.1 Å². The summed E-state index contributed by atoms with van der Waals surface area (Å²) in [5.74, 6) is -6.83. The van der Waals surface area contributed by atoms with Gasteiger partial charge in [0.05, 0.1) is 12.7 Å². The smallest absolute Gasteiger partial charge is 0.343 e. The summed E-state index contributed by atoms with van der Waals surface area (Å²) < 4.78 is 51.5. The number of hydrogen-bond donors (Lipinski definition) is 0. The van der Waals surface area contributed by atoms with E-state index in [0.717, 1.165) is 31.4 Å². The maximum absolute atomic E-state index is 14.2. The van der Waals surface area contributed by atoms with E-state index in [1.165, 1.54) is 38.5 Å². The van der Waals surface area contributed by atoms with Crippen LogP contribution < -0.4 is 4.74 Å². The van der Waals surface area contributed by atoms with Gasteiger partial charge in [-0.25, -0.2) is 18.4 Å². The first kappa shape index (κ1) is 24.8. The summed E-state index contributed by atoms with van der Waals surface area (Å²) in [7, 11) is 0.913. The monoisotopic (exact) mass is 462 g/mol. The van der Waals surface area contributed by atoms with Crippen LogP contribution in [0.1, 0.15) is 90.5 Å². The SMILES string of the molecule is CCCCCC1CCC(c2ccc(C(=O)Oc3cc(F)c(C(=O)OC)c(F)c3F)cc2)CC1. The molecule has 0 radical (unpaired) electrons. The van der Waals surface area contributed by atoms with Gasteiger partial charge in [0, 0.05) is 6.07 Å². The maximum Gasteiger partial charge on any atom is 0.343 e. The Morgan fingerprint density at radius 1 is 0.939 bits per heavy atom. The zero-order valence-electron chi connectivity index (χ0n) is 19.0. The third kappa shape index (κ3) is 5.95. The van der Waals surface area contributed by atoms with Crippen LogP contribution in [0.3, 0.4) is 0 Å². The second kappa shape index (κ2) is 11.3. The lowest BCUT2D eigenvalue weighted by Crippen LogP contribution is -2.15. The van der Waals surface area contributed by atoms with Crippen molar-refractivity contribution in [2.24, 2.45) is 5.92 Å². The molecule has 178 valence electrons. The van der Waals surface area contributed by atoms with Crippen molar-refractivity contribution in [3.63, 3.8) is 0 Å². The van der Waals surface area contributed by atoms with Gasteiger partial charge < -0.3 is 9.47 Å². The molecule has 0 aromatic heterocycles. The number of ether oxygens (including phenoxy) is 2. The van der Waals surface area contributed by atoms with Crippen LogP contribution in [-0.2, 0) is 4.74 Å². The topological polar surface area (TPSA) is 52.6 Å². The second-order valence-corrected chi connectivity index (χ2v) is 8.58. The zero-order chi connectivity index (χ0) is 24.0. The van der Waals surface area contributed by atoms with Crippen molar-refractivity contribution in [2.75, 3.05) is 7.11 Å². The largest absolute Gasteiger partial charge is 0.465 e. The van der Waals surface area contributed by atoms with Gasteiger partial charge in [-0.15, -0.1) is 0 Å². The third-order valence-electron chi connectivity index (χ3n) is 6.40. The fourth-order valence-corrected chi connectivity index (χ4v) is 4.45. The molecule has 0 bridgehead atoms. The molecule has 2 aromatic rings. The Bertz CT molecular complexity index is 980. The number of hydrogen-bond acceptors (Lipinski definition) is 4. The second-order valence-electron chi connectivity index (χ2n) is 8.58. The molecule has 0 unspecified atom stereocenters. The molecule has 4 nitrogen and oxygen atoms in total. The zero-order valence-corrected chi connectivity index (χ0v) is 19.0. The molecule has 1 aliphatic carbocycles. The van der Waals surface area contributed by atoms with Gasteiger partial charge in [0.15, 0.2) is 11.6 Å². The average Bonchev–Trinajstić information content (AvgIpc) is 2.83. The molecular formula is C26H29F3O4. The Labute approximate surface area is 192 Å². The maximum atomic E-state index is 14.2. The minimum absolute atomic E-state index is 0.129. The number of esters is 2. The number of carbonyl (C=O) groups is 2. The number of halogens is 3. The quantitative estimate of drug-likeness (QED) is 0.184. The van der Waals surface area contributed by atoms with Crippen LogP contribution in [0, 0.1) is 23.4 Å². The highest BCUT2D eigenvalue weighted by Gasteiger charge is 2.27.